The summed E-state index contributed by atoms with van der Waals surface area (Å²) >= 11 is 0. The Balaban J connectivity index is 1.02. The number of unbranched alkanes of at least 4 members (excludes halogenated alkanes) is 1. The van der Waals surface area contributed by atoms with Crippen molar-refractivity contribution < 1.29 is 4.79 Å². The van der Waals surface area contributed by atoms with Crippen LogP contribution in [0.2, 0.25) is 0 Å². The first-order chi connectivity index (χ1) is 20.2. The molecule has 0 spiro atoms. The van der Waals surface area contributed by atoms with Crippen molar-refractivity contribution in [1.29, 1.82) is 0 Å². The van der Waals surface area contributed by atoms with E-state index in [-0.39, 0.29) is 5.91 Å². The van der Waals surface area contributed by atoms with E-state index in [1.165, 1.54) is 40.5 Å². The first-order valence-electron chi connectivity index (χ1n) is 15.6. The number of carbonyl (C=O) groups excluding carboxylic acids is 1. The van der Waals surface area contributed by atoms with Crippen LogP contribution in [0.1, 0.15) is 56.1 Å². The fraction of sp³-hybridized carbons (Fsp3) is 0.389. The number of fused-ring (bicyclic) bond motifs is 4. The van der Waals surface area contributed by atoms with E-state index < -0.39 is 5.41 Å². The van der Waals surface area contributed by atoms with E-state index in [0.29, 0.717) is 6.04 Å². The second-order valence-corrected chi connectivity index (χ2v) is 12.1. The zero-order valence-corrected chi connectivity index (χ0v) is 23.9. The van der Waals surface area contributed by atoms with Crippen molar-refractivity contribution in [3.63, 3.8) is 0 Å². The maximum absolute atomic E-state index is 14.3. The normalized spacial score (nSPS) is 18.4. The summed E-state index contributed by atoms with van der Waals surface area (Å²) in [7, 11) is 0. The number of amides is 1. The Hall–Kier alpha value is -3.70. The van der Waals surface area contributed by atoms with Crippen LogP contribution in [0.3, 0.4) is 0 Å². The average molecular weight is 545 g/mol. The molecule has 0 atom stereocenters. The van der Waals surface area contributed by atoms with Crippen molar-refractivity contribution in [2.45, 2.75) is 56.4 Å². The molecule has 5 nitrogen and oxygen atoms in total. The number of anilines is 1. The highest BCUT2D eigenvalue weighted by molar-refractivity contribution is 6.00. The minimum atomic E-state index is -0.601. The number of pyridine rings is 1. The number of carbonyl (C=O) groups is 1. The Morgan fingerprint density at radius 2 is 1.44 bits per heavy atom. The van der Waals surface area contributed by atoms with Crippen LogP contribution in [0.4, 0.5) is 5.82 Å². The highest BCUT2D eigenvalue weighted by Gasteiger charge is 2.48. The first kappa shape index (κ1) is 26.2. The number of rotatable bonds is 8. The molecule has 0 radical (unpaired) electrons. The van der Waals surface area contributed by atoms with Gasteiger partial charge >= 0.3 is 0 Å². The summed E-state index contributed by atoms with van der Waals surface area (Å²) in [5.41, 5.74) is 5.29. The Kier molecular flexibility index (Phi) is 7.22. The molecule has 1 saturated carbocycles. The highest BCUT2D eigenvalue weighted by Crippen LogP contribution is 2.51. The lowest BCUT2D eigenvalue weighted by Gasteiger charge is -2.36. The van der Waals surface area contributed by atoms with Crippen LogP contribution in [0.5, 0.6) is 0 Å². The molecule has 1 aromatic heterocycles. The lowest BCUT2D eigenvalue weighted by Crippen LogP contribution is -2.48. The van der Waals surface area contributed by atoms with Crippen LogP contribution in [0.25, 0.3) is 22.0 Å². The molecule has 4 aromatic rings. The highest BCUT2D eigenvalue weighted by atomic mass is 16.2. The van der Waals surface area contributed by atoms with Gasteiger partial charge in [-0.3, -0.25) is 9.69 Å². The van der Waals surface area contributed by atoms with E-state index in [1.807, 2.05) is 0 Å². The van der Waals surface area contributed by atoms with Gasteiger partial charge in [-0.2, -0.15) is 0 Å². The summed E-state index contributed by atoms with van der Waals surface area (Å²) < 4.78 is 0. The van der Waals surface area contributed by atoms with Crippen molar-refractivity contribution in [1.82, 2.24) is 15.2 Å². The van der Waals surface area contributed by atoms with Gasteiger partial charge in [-0.25, -0.2) is 4.98 Å². The molecule has 1 aliphatic heterocycles. The molecule has 1 amide bonds. The van der Waals surface area contributed by atoms with Gasteiger partial charge in [0.25, 0.3) is 0 Å². The van der Waals surface area contributed by atoms with E-state index in [1.54, 1.807) is 0 Å². The Morgan fingerprint density at radius 1 is 0.780 bits per heavy atom. The Morgan fingerprint density at radius 3 is 2.17 bits per heavy atom. The van der Waals surface area contributed by atoms with Gasteiger partial charge in [0, 0.05) is 37.6 Å². The SMILES string of the molecule is O=C(NC1CCCC1)C1(CCCCN2CCN(c3ccc4ccccc4n3)CC2)c2ccccc2-c2ccccc21. The lowest BCUT2D eigenvalue weighted by molar-refractivity contribution is -0.126. The third-order valence-electron chi connectivity index (χ3n) is 9.70. The van der Waals surface area contributed by atoms with Crippen LogP contribution in [0.15, 0.2) is 84.9 Å². The molecule has 0 bridgehead atoms. The zero-order valence-electron chi connectivity index (χ0n) is 23.9. The predicted molar refractivity (Wildman–Crippen MR) is 167 cm³/mol. The summed E-state index contributed by atoms with van der Waals surface area (Å²) in [6, 6.07) is 30.2. The number of para-hydroxylation sites is 1. The first-order valence-corrected chi connectivity index (χ1v) is 15.6. The van der Waals surface area contributed by atoms with Crippen molar-refractivity contribution >= 4 is 22.6 Å². The average Bonchev–Trinajstić information content (AvgIpc) is 3.64. The van der Waals surface area contributed by atoms with Gasteiger partial charge in [-0.15, -0.1) is 0 Å². The van der Waals surface area contributed by atoms with Gasteiger partial charge in [-0.05, 0) is 72.7 Å². The molecule has 0 unspecified atom stereocenters. The largest absolute Gasteiger partial charge is 0.354 e. The summed E-state index contributed by atoms with van der Waals surface area (Å²) in [5.74, 6) is 1.29. The molecule has 3 aliphatic rings. The molecule has 41 heavy (non-hydrogen) atoms. The molecule has 2 aliphatic carbocycles. The number of nitrogens with one attached hydrogen (secondary N) is 1. The van der Waals surface area contributed by atoms with E-state index in [0.717, 1.165) is 76.2 Å². The molecule has 1 N–H and O–H groups in total. The number of hydrogen-bond donors (Lipinski definition) is 1. The summed E-state index contributed by atoms with van der Waals surface area (Å²) in [6.07, 6.45) is 7.60. The van der Waals surface area contributed by atoms with Gasteiger partial charge < -0.3 is 10.2 Å². The number of nitrogens with zero attached hydrogens (tertiary/aromatic N) is 3. The van der Waals surface area contributed by atoms with E-state index in [9.17, 15) is 4.79 Å². The quantitative estimate of drug-likeness (QED) is 0.256. The number of hydrogen-bond acceptors (Lipinski definition) is 4. The van der Waals surface area contributed by atoms with Gasteiger partial charge in [0.1, 0.15) is 11.2 Å². The number of piperazine rings is 1. The Bertz CT molecular complexity index is 1490. The molecule has 7 rings (SSSR count). The van der Waals surface area contributed by atoms with Gasteiger partial charge in [-0.1, -0.05) is 86.0 Å². The van der Waals surface area contributed by atoms with E-state index in [4.69, 9.17) is 4.98 Å². The van der Waals surface area contributed by atoms with Crippen LogP contribution < -0.4 is 10.2 Å². The maximum Gasteiger partial charge on any atom is 0.235 e. The molecular formula is C36H40N4O. The van der Waals surface area contributed by atoms with Gasteiger partial charge in [0.15, 0.2) is 0 Å². The molecule has 210 valence electrons. The van der Waals surface area contributed by atoms with Crippen molar-refractivity contribution in [3.05, 3.63) is 96.1 Å². The van der Waals surface area contributed by atoms with E-state index >= 15 is 0 Å². The molecule has 1 saturated heterocycles. The third kappa shape index (κ3) is 4.91. The Labute approximate surface area is 243 Å². The van der Waals surface area contributed by atoms with Crippen LogP contribution >= 0.6 is 0 Å². The van der Waals surface area contributed by atoms with E-state index in [2.05, 4.69) is 100 Å². The maximum atomic E-state index is 14.3. The molecule has 3 aromatic carbocycles. The molecule has 5 heteroatoms. The molecule has 2 heterocycles. The molecule has 2 fully saturated rings. The monoisotopic (exact) mass is 544 g/mol. The zero-order chi connectivity index (χ0) is 27.6. The van der Waals surface area contributed by atoms with Crippen molar-refractivity contribution in [2.24, 2.45) is 0 Å². The smallest absolute Gasteiger partial charge is 0.235 e. The fourth-order valence-electron chi connectivity index (χ4n) is 7.49. The van der Waals surface area contributed by atoms with Crippen LogP contribution in [0, 0.1) is 0 Å². The standard InChI is InChI=1S/C36H40N4O/c41-35(37-28-12-2-3-13-28)36(31-16-6-4-14-29(31)30-15-5-7-17-32(30)36)21-9-10-22-39-23-25-40(26-24-39)34-20-19-27-11-1-8-18-33(27)38-34/h1,4-8,11,14-20,28H,2-3,9-10,12-13,21-26H2,(H,37,41). The predicted octanol–water partition coefficient (Wildman–Crippen LogP) is 6.55. The third-order valence-corrected chi connectivity index (χ3v) is 9.70. The summed E-state index contributed by atoms with van der Waals surface area (Å²) in [6.45, 7) is 5.17. The van der Waals surface area contributed by atoms with Gasteiger partial charge in [0.05, 0.1) is 5.52 Å². The lowest BCUT2D eigenvalue weighted by atomic mass is 9.73. The number of aromatic nitrogens is 1. The minimum absolute atomic E-state index is 0.207. The second-order valence-electron chi connectivity index (χ2n) is 12.1. The molecular weight excluding hydrogens is 504 g/mol. The van der Waals surface area contributed by atoms with Crippen LogP contribution in [-0.2, 0) is 10.2 Å². The van der Waals surface area contributed by atoms with Crippen molar-refractivity contribution in [3.8, 4) is 11.1 Å². The van der Waals surface area contributed by atoms with Crippen molar-refractivity contribution in [2.75, 3.05) is 37.6 Å². The van der Waals surface area contributed by atoms with Gasteiger partial charge in [0.2, 0.25) is 5.91 Å². The number of benzene rings is 3. The second kappa shape index (κ2) is 11.3. The summed E-state index contributed by atoms with van der Waals surface area (Å²) in [4.78, 5) is 24.2. The fourth-order valence-corrected chi connectivity index (χ4v) is 7.49. The van der Waals surface area contributed by atoms with Crippen LogP contribution in [-0.4, -0.2) is 54.6 Å². The summed E-state index contributed by atoms with van der Waals surface area (Å²) in [5, 5.41) is 4.70. The topological polar surface area (TPSA) is 48.5 Å². The minimum Gasteiger partial charge on any atom is -0.354 e.